The smallest absolute Gasteiger partial charge is 0.314 e. The van der Waals surface area contributed by atoms with Crippen LogP contribution in [-0.4, -0.2) is 15.3 Å². The van der Waals surface area contributed by atoms with Crippen molar-refractivity contribution >= 4 is 28.5 Å². The molecule has 0 aliphatic heterocycles. The zero-order valence-electron chi connectivity index (χ0n) is 12.3. The van der Waals surface area contributed by atoms with Crippen LogP contribution >= 0.6 is 11.6 Å². The molecule has 120 valence electrons. The summed E-state index contributed by atoms with van der Waals surface area (Å²) >= 11 is 6.17. The number of hydrogen-bond donors (Lipinski definition) is 2. The lowest BCUT2D eigenvalue weighted by Gasteiger charge is -2.04. The SMILES string of the molecule is Nc1nonc1-c1[nH]c2ccccc2[n+]1Cc1ccc(F)cc1Cl. The molecule has 3 N–H and O–H groups in total. The third kappa shape index (κ3) is 2.39. The second-order valence-electron chi connectivity index (χ2n) is 5.31. The Morgan fingerprint density at radius 3 is 2.79 bits per heavy atom. The van der Waals surface area contributed by atoms with Gasteiger partial charge in [0.15, 0.2) is 11.0 Å². The van der Waals surface area contributed by atoms with E-state index in [9.17, 15) is 4.39 Å². The molecule has 2 heterocycles. The van der Waals surface area contributed by atoms with Crippen LogP contribution in [-0.2, 0) is 6.54 Å². The molecule has 6 nitrogen and oxygen atoms in total. The number of H-pyrrole nitrogens is 1. The molecule has 0 amide bonds. The van der Waals surface area contributed by atoms with Gasteiger partial charge >= 0.3 is 5.82 Å². The van der Waals surface area contributed by atoms with E-state index < -0.39 is 0 Å². The monoisotopic (exact) mass is 344 g/mol. The fourth-order valence-electron chi connectivity index (χ4n) is 2.66. The lowest BCUT2D eigenvalue weighted by atomic mass is 10.2. The van der Waals surface area contributed by atoms with Crippen molar-refractivity contribution in [2.45, 2.75) is 6.54 Å². The molecule has 4 aromatic rings. The fourth-order valence-corrected chi connectivity index (χ4v) is 2.89. The molecule has 0 saturated carbocycles. The Kier molecular flexibility index (Phi) is 3.42. The van der Waals surface area contributed by atoms with Crippen molar-refractivity contribution in [3.05, 3.63) is 58.9 Å². The number of nitrogen functional groups attached to an aromatic ring is 1. The number of benzene rings is 2. The van der Waals surface area contributed by atoms with Crippen molar-refractivity contribution in [3.8, 4) is 11.5 Å². The summed E-state index contributed by atoms with van der Waals surface area (Å²) in [5.41, 5.74) is 8.83. The first kappa shape index (κ1) is 14.6. The molecule has 0 bridgehead atoms. The van der Waals surface area contributed by atoms with Crippen LogP contribution in [0.2, 0.25) is 5.02 Å². The number of anilines is 1. The maximum Gasteiger partial charge on any atom is 0.314 e. The summed E-state index contributed by atoms with van der Waals surface area (Å²) in [4.78, 5) is 3.26. The van der Waals surface area contributed by atoms with Crippen LogP contribution in [0.3, 0.4) is 0 Å². The number of para-hydroxylation sites is 2. The maximum absolute atomic E-state index is 13.3. The summed E-state index contributed by atoms with van der Waals surface area (Å²) in [6.45, 7) is 0.407. The molecule has 0 radical (unpaired) electrons. The highest BCUT2D eigenvalue weighted by Gasteiger charge is 2.26. The summed E-state index contributed by atoms with van der Waals surface area (Å²) in [5.74, 6) is 0.439. The second kappa shape index (κ2) is 5.61. The largest absolute Gasteiger partial charge is 0.379 e. The van der Waals surface area contributed by atoms with E-state index in [1.54, 1.807) is 6.07 Å². The Balaban J connectivity index is 1.91. The van der Waals surface area contributed by atoms with E-state index in [1.807, 2.05) is 28.8 Å². The van der Waals surface area contributed by atoms with E-state index in [0.29, 0.717) is 23.1 Å². The number of fused-ring (bicyclic) bond motifs is 1. The van der Waals surface area contributed by atoms with E-state index in [-0.39, 0.29) is 11.6 Å². The summed E-state index contributed by atoms with van der Waals surface area (Å²) in [6.07, 6.45) is 0. The Hall–Kier alpha value is -2.93. The molecule has 0 atom stereocenters. The molecule has 0 fully saturated rings. The lowest BCUT2D eigenvalue weighted by Crippen LogP contribution is -2.36. The minimum absolute atomic E-state index is 0.181. The first-order valence-corrected chi connectivity index (χ1v) is 7.54. The van der Waals surface area contributed by atoms with E-state index in [4.69, 9.17) is 22.0 Å². The molecule has 4 rings (SSSR count). The highest BCUT2D eigenvalue weighted by atomic mass is 35.5. The molecule has 2 aromatic carbocycles. The molecule has 0 spiro atoms. The average Bonchev–Trinajstić information content (AvgIpc) is 3.13. The highest BCUT2D eigenvalue weighted by Crippen LogP contribution is 2.23. The van der Waals surface area contributed by atoms with Gasteiger partial charge in [-0.2, -0.15) is 0 Å². The Bertz CT molecular complexity index is 1040. The molecule has 8 heteroatoms. The zero-order chi connectivity index (χ0) is 16.7. The van der Waals surface area contributed by atoms with Crippen LogP contribution in [0.15, 0.2) is 47.1 Å². The standard InChI is InChI=1S/C16H11ClFN5O/c17-11-7-10(18)6-5-9(11)8-23-13-4-2-1-3-12(13)20-16(23)14-15(19)22-24-21-14/h1-7H,8H2,(H2,19,22)/p+1. The number of aromatic amines is 1. The van der Waals surface area contributed by atoms with Gasteiger partial charge in [-0.1, -0.05) is 29.8 Å². The summed E-state index contributed by atoms with van der Waals surface area (Å²) < 4.78 is 19.9. The zero-order valence-corrected chi connectivity index (χ0v) is 13.1. The van der Waals surface area contributed by atoms with Gasteiger partial charge in [0, 0.05) is 5.56 Å². The van der Waals surface area contributed by atoms with E-state index in [0.717, 1.165) is 16.6 Å². The number of halogens is 2. The third-order valence-electron chi connectivity index (χ3n) is 3.80. The quantitative estimate of drug-likeness (QED) is 0.560. The van der Waals surface area contributed by atoms with Gasteiger partial charge in [-0.05, 0) is 34.6 Å². The van der Waals surface area contributed by atoms with Crippen LogP contribution in [0.25, 0.3) is 22.6 Å². The normalized spacial score (nSPS) is 11.2. The van der Waals surface area contributed by atoms with Crippen LogP contribution in [0.4, 0.5) is 10.2 Å². The molecule has 24 heavy (non-hydrogen) atoms. The van der Waals surface area contributed by atoms with Crippen LogP contribution in [0.5, 0.6) is 0 Å². The van der Waals surface area contributed by atoms with Crippen LogP contribution in [0.1, 0.15) is 5.56 Å². The third-order valence-corrected chi connectivity index (χ3v) is 4.15. The van der Waals surface area contributed by atoms with Gasteiger partial charge in [0.05, 0.1) is 5.02 Å². The van der Waals surface area contributed by atoms with Gasteiger partial charge in [0.2, 0.25) is 11.5 Å². The topological polar surface area (TPSA) is 84.6 Å². The first-order chi connectivity index (χ1) is 11.6. The Labute approximate surface area is 140 Å². The minimum Gasteiger partial charge on any atom is -0.379 e. The number of rotatable bonds is 3. The lowest BCUT2D eigenvalue weighted by molar-refractivity contribution is -0.651. The first-order valence-electron chi connectivity index (χ1n) is 7.16. The van der Waals surface area contributed by atoms with E-state index >= 15 is 0 Å². The van der Waals surface area contributed by atoms with E-state index in [2.05, 4.69) is 15.3 Å². The molecule has 0 aliphatic carbocycles. The molecular weight excluding hydrogens is 333 g/mol. The van der Waals surface area contributed by atoms with Crippen LogP contribution in [0, 0.1) is 5.82 Å². The minimum atomic E-state index is -0.377. The summed E-state index contributed by atoms with van der Waals surface area (Å²) in [7, 11) is 0. The van der Waals surface area contributed by atoms with Crippen molar-refractivity contribution in [2.24, 2.45) is 0 Å². The number of nitrogens with two attached hydrogens (primary N) is 1. The Morgan fingerprint density at radius 1 is 1.21 bits per heavy atom. The number of imidazole rings is 1. The van der Waals surface area contributed by atoms with Crippen molar-refractivity contribution in [1.29, 1.82) is 0 Å². The molecule has 0 unspecified atom stereocenters. The van der Waals surface area contributed by atoms with Crippen molar-refractivity contribution in [2.75, 3.05) is 5.73 Å². The van der Waals surface area contributed by atoms with E-state index in [1.165, 1.54) is 12.1 Å². The summed E-state index contributed by atoms with van der Waals surface area (Å²) in [5, 5.41) is 7.84. The molecular formula is C16H12ClFN5O+. The number of nitrogens with one attached hydrogen (secondary N) is 1. The highest BCUT2D eigenvalue weighted by molar-refractivity contribution is 6.31. The van der Waals surface area contributed by atoms with Gasteiger partial charge in [-0.3, -0.25) is 0 Å². The van der Waals surface area contributed by atoms with Gasteiger partial charge < -0.3 is 5.73 Å². The summed E-state index contributed by atoms with van der Waals surface area (Å²) in [6, 6.07) is 12.1. The predicted molar refractivity (Wildman–Crippen MR) is 86.7 cm³/mol. The number of nitrogens with zero attached hydrogens (tertiary/aromatic N) is 3. The van der Waals surface area contributed by atoms with Crippen molar-refractivity contribution in [1.82, 2.24) is 15.3 Å². The fraction of sp³-hybridized carbons (Fsp3) is 0.0625. The van der Waals surface area contributed by atoms with Crippen LogP contribution < -0.4 is 10.3 Å². The van der Waals surface area contributed by atoms with Gasteiger partial charge in [-0.25, -0.2) is 18.6 Å². The molecule has 0 aliphatic rings. The van der Waals surface area contributed by atoms with Crippen molar-refractivity contribution < 1.29 is 13.6 Å². The Morgan fingerprint density at radius 2 is 2.04 bits per heavy atom. The number of hydrogen-bond acceptors (Lipinski definition) is 4. The van der Waals surface area contributed by atoms with Gasteiger partial charge in [0.25, 0.3) is 0 Å². The van der Waals surface area contributed by atoms with Gasteiger partial charge in [-0.15, -0.1) is 0 Å². The second-order valence-corrected chi connectivity index (χ2v) is 5.72. The predicted octanol–water partition coefficient (Wildman–Crippen LogP) is 2.93. The average molecular weight is 345 g/mol. The van der Waals surface area contributed by atoms with Gasteiger partial charge in [0.1, 0.15) is 12.4 Å². The molecule has 2 aromatic heterocycles. The maximum atomic E-state index is 13.3. The van der Waals surface area contributed by atoms with Crippen molar-refractivity contribution in [3.63, 3.8) is 0 Å². The number of aromatic nitrogens is 4. The molecule has 0 saturated heterocycles.